The molecule has 4 rings (SSSR count). The third-order valence-electron chi connectivity index (χ3n) is 5.23. The van der Waals surface area contributed by atoms with Gasteiger partial charge in [0.25, 0.3) is 0 Å². The van der Waals surface area contributed by atoms with Crippen LogP contribution in [-0.2, 0) is 20.4 Å². The predicted octanol–water partition coefficient (Wildman–Crippen LogP) is 2.41. The van der Waals surface area contributed by atoms with Crippen molar-refractivity contribution in [3.8, 4) is 11.3 Å². The number of aromatic nitrogens is 3. The number of rotatable bonds is 4. The molecule has 2 aliphatic heterocycles. The summed E-state index contributed by atoms with van der Waals surface area (Å²) in [5, 5.41) is 2.16. The number of methoxy groups -OCH3 is 1. The number of alkyl halides is 3. The first-order valence-electron chi connectivity index (χ1n) is 10.3. The smallest absolute Gasteiger partial charge is 0.417 e. The molecule has 0 radical (unpaired) electrons. The quantitative estimate of drug-likeness (QED) is 0.725. The number of nitrogens with zero attached hydrogens (tertiary/aromatic N) is 5. The van der Waals surface area contributed by atoms with Crippen LogP contribution in [0.2, 0.25) is 0 Å². The molecular weight excluding hydrogens is 445 g/mol. The van der Waals surface area contributed by atoms with Gasteiger partial charge in [-0.2, -0.15) is 18.2 Å². The Kier molecular flexibility index (Phi) is 6.79. The van der Waals surface area contributed by atoms with E-state index in [2.05, 4.69) is 25.0 Å². The molecule has 1 amide bonds. The van der Waals surface area contributed by atoms with Crippen LogP contribution in [0.4, 0.5) is 35.5 Å². The standard InChI is InChI=1S/C20H23F3N6O4/c1-31-19(30)26-16-10-14(20(21,22)23)13(12-24-16)15-11-17(28-2-6-32-7-3-28)27-18(25-15)29-4-8-33-9-5-29/h10-12H,2-9H2,1H3,(H,24,26,30). The number of carbonyl (C=O) groups excluding carboxylic acids is 1. The van der Waals surface area contributed by atoms with E-state index in [0.29, 0.717) is 64.4 Å². The van der Waals surface area contributed by atoms with Gasteiger partial charge in [0.1, 0.15) is 11.6 Å². The molecule has 2 aromatic heterocycles. The highest BCUT2D eigenvalue weighted by Crippen LogP contribution is 2.38. The number of anilines is 3. The minimum atomic E-state index is -4.71. The molecule has 10 nitrogen and oxygen atoms in total. The van der Waals surface area contributed by atoms with E-state index >= 15 is 0 Å². The Morgan fingerprint density at radius 3 is 2.27 bits per heavy atom. The first-order valence-corrected chi connectivity index (χ1v) is 10.3. The van der Waals surface area contributed by atoms with E-state index in [1.165, 1.54) is 6.07 Å². The van der Waals surface area contributed by atoms with Crippen LogP contribution in [0, 0.1) is 0 Å². The summed E-state index contributed by atoms with van der Waals surface area (Å²) >= 11 is 0. The largest absolute Gasteiger partial charge is 0.453 e. The van der Waals surface area contributed by atoms with Crippen LogP contribution in [0.25, 0.3) is 11.3 Å². The van der Waals surface area contributed by atoms with Crippen molar-refractivity contribution in [1.82, 2.24) is 15.0 Å². The van der Waals surface area contributed by atoms with Crippen molar-refractivity contribution >= 4 is 23.7 Å². The number of amides is 1. The number of morpholine rings is 2. The first-order chi connectivity index (χ1) is 15.8. The number of hydrogen-bond acceptors (Lipinski definition) is 9. The minimum Gasteiger partial charge on any atom is -0.453 e. The fourth-order valence-electron chi connectivity index (χ4n) is 3.54. The lowest BCUT2D eigenvalue weighted by atomic mass is 10.1. The van der Waals surface area contributed by atoms with Crippen molar-refractivity contribution in [3.05, 3.63) is 23.9 Å². The Morgan fingerprint density at radius 2 is 1.67 bits per heavy atom. The van der Waals surface area contributed by atoms with Crippen molar-refractivity contribution in [3.63, 3.8) is 0 Å². The Bertz CT molecular complexity index is 958. The molecule has 2 fully saturated rings. The molecule has 13 heteroatoms. The number of pyridine rings is 1. The number of nitrogens with one attached hydrogen (secondary N) is 1. The number of halogens is 3. The maximum absolute atomic E-state index is 14.0. The van der Waals surface area contributed by atoms with Crippen LogP contribution < -0.4 is 15.1 Å². The highest BCUT2D eigenvalue weighted by atomic mass is 19.4. The van der Waals surface area contributed by atoms with E-state index in [1.54, 1.807) is 0 Å². The van der Waals surface area contributed by atoms with Crippen LogP contribution in [-0.4, -0.2) is 80.8 Å². The molecule has 2 saturated heterocycles. The van der Waals surface area contributed by atoms with Gasteiger partial charge in [-0.05, 0) is 6.07 Å². The van der Waals surface area contributed by atoms with Crippen molar-refractivity contribution in [2.75, 3.05) is 74.8 Å². The topological polar surface area (TPSA) is 102 Å². The molecule has 0 spiro atoms. The highest BCUT2D eigenvalue weighted by Gasteiger charge is 2.35. The zero-order valence-corrected chi connectivity index (χ0v) is 17.9. The third kappa shape index (κ3) is 5.42. The average Bonchev–Trinajstić information content (AvgIpc) is 2.84. The summed E-state index contributed by atoms with van der Waals surface area (Å²) in [6.45, 7) is 4.12. The molecule has 2 aromatic rings. The van der Waals surface area contributed by atoms with Crippen molar-refractivity contribution in [1.29, 1.82) is 0 Å². The van der Waals surface area contributed by atoms with Gasteiger partial charge in [-0.25, -0.2) is 14.8 Å². The Balaban J connectivity index is 1.79. The molecular formula is C20H23F3N6O4. The summed E-state index contributed by atoms with van der Waals surface area (Å²) in [5.74, 6) is 0.547. The van der Waals surface area contributed by atoms with Crippen LogP contribution in [0.15, 0.2) is 18.3 Å². The molecule has 0 aliphatic carbocycles. The molecule has 0 unspecified atom stereocenters. The SMILES string of the molecule is COC(=O)Nc1cc(C(F)(F)F)c(-c2cc(N3CCOCC3)nc(N3CCOCC3)n2)cn1. The van der Waals surface area contributed by atoms with E-state index in [9.17, 15) is 18.0 Å². The number of hydrogen-bond donors (Lipinski definition) is 1. The Morgan fingerprint density at radius 1 is 1.03 bits per heavy atom. The van der Waals surface area contributed by atoms with Crippen molar-refractivity contribution < 1.29 is 32.2 Å². The fourth-order valence-corrected chi connectivity index (χ4v) is 3.54. The lowest BCUT2D eigenvalue weighted by Crippen LogP contribution is -2.39. The minimum absolute atomic E-state index is 0.0810. The second kappa shape index (κ2) is 9.75. The van der Waals surface area contributed by atoms with Gasteiger partial charge in [0.05, 0.1) is 44.8 Å². The maximum Gasteiger partial charge on any atom is 0.417 e. The predicted molar refractivity (Wildman–Crippen MR) is 112 cm³/mol. The second-order valence-corrected chi connectivity index (χ2v) is 7.34. The van der Waals surface area contributed by atoms with Gasteiger partial charge >= 0.3 is 12.3 Å². The van der Waals surface area contributed by atoms with Gasteiger partial charge in [0, 0.05) is 44.0 Å². The average molecular weight is 468 g/mol. The molecule has 4 heterocycles. The number of carbonyl (C=O) groups is 1. The highest BCUT2D eigenvalue weighted by molar-refractivity contribution is 5.84. The summed E-state index contributed by atoms with van der Waals surface area (Å²) < 4.78 is 57.1. The Hall–Kier alpha value is -3.19. The Labute approximate surface area is 187 Å². The summed E-state index contributed by atoms with van der Waals surface area (Å²) in [6, 6.07) is 2.28. The van der Waals surface area contributed by atoms with Crippen molar-refractivity contribution in [2.45, 2.75) is 6.18 Å². The van der Waals surface area contributed by atoms with Crippen LogP contribution in [0.5, 0.6) is 0 Å². The lowest BCUT2D eigenvalue weighted by molar-refractivity contribution is -0.137. The molecule has 178 valence electrons. The zero-order chi connectivity index (χ0) is 23.4. The monoisotopic (exact) mass is 468 g/mol. The van der Waals surface area contributed by atoms with E-state index < -0.39 is 17.8 Å². The van der Waals surface area contributed by atoms with E-state index in [0.717, 1.165) is 19.4 Å². The third-order valence-corrected chi connectivity index (χ3v) is 5.23. The first kappa shape index (κ1) is 23.0. The van der Waals surface area contributed by atoms with Crippen LogP contribution in [0.1, 0.15) is 5.56 Å². The van der Waals surface area contributed by atoms with Gasteiger partial charge in [-0.1, -0.05) is 0 Å². The van der Waals surface area contributed by atoms with E-state index in [1.807, 2.05) is 9.80 Å². The molecule has 0 atom stereocenters. The van der Waals surface area contributed by atoms with Crippen LogP contribution in [0.3, 0.4) is 0 Å². The molecule has 0 bridgehead atoms. The molecule has 0 saturated carbocycles. The van der Waals surface area contributed by atoms with E-state index in [-0.39, 0.29) is 17.1 Å². The van der Waals surface area contributed by atoms with Gasteiger partial charge in [0.2, 0.25) is 5.95 Å². The van der Waals surface area contributed by atoms with Gasteiger partial charge in [-0.15, -0.1) is 0 Å². The molecule has 2 aliphatic rings. The number of ether oxygens (including phenoxy) is 3. The lowest BCUT2D eigenvalue weighted by Gasteiger charge is -2.31. The summed E-state index contributed by atoms with van der Waals surface area (Å²) in [4.78, 5) is 28.3. The normalized spacial score (nSPS) is 17.1. The summed E-state index contributed by atoms with van der Waals surface area (Å²) in [7, 11) is 1.11. The molecule has 0 aromatic carbocycles. The molecule has 33 heavy (non-hydrogen) atoms. The van der Waals surface area contributed by atoms with Crippen LogP contribution >= 0.6 is 0 Å². The summed E-state index contributed by atoms with van der Waals surface area (Å²) in [6.07, 6.45) is -4.59. The second-order valence-electron chi connectivity index (χ2n) is 7.34. The molecule has 1 N–H and O–H groups in total. The van der Waals surface area contributed by atoms with E-state index in [4.69, 9.17) is 9.47 Å². The fraction of sp³-hybridized carbons (Fsp3) is 0.500. The van der Waals surface area contributed by atoms with Gasteiger partial charge < -0.3 is 24.0 Å². The zero-order valence-electron chi connectivity index (χ0n) is 17.9. The van der Waals surface area contributed by atoms with Gasteiger partial charge in [-0.3, -0.25) is 5.32 Å². The van der Waals surface area contributed by atoms with Gasteiger partial charge in [0.15, 0.2) is 0 Å². The summed E-state index contributed by atoms with van der Waals surface area (Å²) in [5.41, 5.74) is -1.12. The van der Waals surface area contributed by atoms with Crippen molar-refractivity contribution in [2.24, 2.45) is 0 Å². The maximum atomic E-state index is 14.0.